The van der Waals surface area contributed by atoms with Crippen molar-refractivity contribution >= 4 is 17.7 Å². The fourth-order valence-electron chi connectivity index (χ4n) is 2.42. The van der Waals surface area contributed by atoms with E-state index in [1.54, 1.807) is 19.4 Å². The Morgan fingerprint density at radius 2 is 2.35 bits per heavy atom. The van der Waals surface area contributed by atoms with Crippen molar-refractivity contribution in [1.82, 2.24) is 10.3 Å². The minimum atomic E-state index is -0.244. The first-order valence-electron chi connectivity index (χ1n) is 6.60. The number of carbonyl (C=O) groups is 1. The molecule has 5 nitrogen and oxygen atoms in total. The van der Waals surface area contributed by atoms with E-state index >= 15 is 0 Å². The predicted molar refractivity (Wildman–Crippen MR) is 78.8 cm³/mol. The molecule has 110 valence electrons. The second-order valence-electron chi connectivity index (χ2n) is 5.00. The Bertz CT molecular complexity index is 446. The number of aliphatic hydroxyl groups excluding tert-OH is 1. The molecule has 0 saturated heterocycles. The second kappa shape index (κ2) is 6.95. The van der Waals surface area contributed by atoms with E-state index in [-0.39, 0.29) is 24.0 Å². The number of ether oxygens (including phenoxy) is 1. The largest absolute Gasteiger partial charge is 0.481 e. The molecular weight excluding hydrogens is 276 g/mol. The molecule has 0 aromatic carbocycles. The normalized spacial score (nSPS) is 22.8. The van der Waals surface area contributed by atoms with Crippen LogP contribution in [0, 0.1) is 5.92 Å². The van der Waals surface area contributed by atoms with Crippen LogP contribution in [0.5, 0.6) is 5.88 Å². The zero-order valence-electron chi connectivity index (χ0n) is 11.7. The minimum absolute atomic E-state index is 0.0136. The van der Waals surface area contributed by atoms with Crippen LogP contribution >= 0.6 is 11.8 Å². The van der Waals surface area contributed by atoms with Crippen molar-refractivity contribution in [2.75, 3.05) is 19.1 Å². The lowest BCUT2D eigenvalue weighted by molar-refractivity contribution is -0.120. The number of nitrogens with one attached hydrogen (secondary N) is 1. The van der Waals surface area contributed by atoms with Gasteiger partial charge >= 0.3 is 0 Å². The summed E-state index contributed by atoms with van der Waals surface area (Å²) in [7, 11) is 1.57. The van der Waals surface area contributed by atoms with Gasteiger partial charge in [-0.05, 0) is 30.6 Å². The SMILES string of the molecule is COc1ccc([C@@H](NC(=O)CSC)C2CC(O)C2)cn1. The first-order chi connectivity index (χ1) is 9.63. The fourth-order valence-corrected chi connectivity index (χ4v) is 2.76. The molecule has 1 aromatic heterocycles. The number of aliphatic hydroxyl groups is 1. The molecule has 0 spiro atoms. The Labute approximate surface area is 123 Å². The van der Waals surface area contributed by atoms with Gasteiger partial charge in [0.2, 0.25) is 11.8 Å². The highest BCUT2D eigenvalue weighted by molar-refractivity contribution is 7.99. The third-order valence-corrected chi connectivity index (χ3v) is 4.09. The van der Waals surface area contributed by atoms with Gasteiger partial charge in [0.15, 0.2) is 0 Å². The monoisotopic (exact) mass is 296 g/mol. The number of nitrogens with zero attached hydrogens (tertiary/aromatic N) is 1. The maximum atomic E-state index is 11.8. The maximum Gasteiger partial charge on any atom is 0.230 e. The number of hydrogen-bond acceptors (Lipinski definition) is 5. The van der Waals surface area contributed by atoms with Crippen molar-refractivity contribution in [2.24, 2.45) is 5.92 Å². The molecule has 1 aromatic rings. The average molecular weight is 296 g/mol. The topological polar surface area (TPSA) is 71.5 Å². The molecule has 1 aliphatic rings. The lowest BCUT2D eigenvalue weighted by Gasteiger charge is -2.38. The van der Waals surface area contributed by atoms with Gasteiger partial charge in [-0.2, -0.15) is 11.8 Å². The molecule has 1 amide bonds. The standard InChI is InChI=1S/C14H20N2O3S/c1-19-13-4-3-9(7-15-13)14(10-5-11(17)6-10)16-12(18)8-20-2/h3-4,7,10-11,14,17H,5-6,8H2,1-2H3,(H,16,18)/t10?,11?,14-/m1/s1. The number of methoxy groups -OCH3 is 1. The summed E-state index contributed by atoms with van der Waals surface area (Å²) in [6, 6.07) is 3.62. The Hall–Kier alpha value is -1.27. The summed E-state index contributed by atoms with van der Waals surface area (Å²) in [6.07, 6.45) is 4.82. The Kier molecular flexibility index (Phi) is 5.25. The van der Waals surface area contributed by atoms with Gasteiger partial charge in [0, 0.05) is 12.3 Å². The van der Waals surface area contributed by atoms with Crippen molar-refractivity contribution in [1.29, 1.82) is 0 Å². The Morgan fingerprint density at radius 3 is 2.85 bits per heavy atom. The molecule has 0 radical (unpaired) electrons. The summed E-state index contributed by atoms with van der Waals surface area (Å²) in [5, 5.41) is 12.5. The minimum Gasteiger partial charge on any atom is -0.481 e. The molecule has 0 aliphatic heterocycles. The summed E-state index contributed by atoms with van der Waals surface area (Å²) < 4.78 is 5.04. The second-order valence-corrected chi connectivity index (χ2v) is 5.86. The number of hydrogen-bond donors (Lipinski definition) is 2. The van der Waals surface area contributed by atoms with Crippen LogP contribution in [0.25, 0.3) is 0 Å². The van der Waals surface area contributed by atoms with Crippen LogP contribution in [0.3, 0.4) is 0 Å². The van der Waals surface area contributed by atoms with E-state index in [1.807, 2.05) is 12.3 Å². The number of thioether (sulfide) groups is 1. The van der Waals surface area contributed by atoms with Crippen LogP contribution in [-0.2, 0) is 4.79 Å². The lowest BCUT2D eigenvalue weighted by Crippen LogP contribution is -2.42. The van der Waals surface area contributed by atoms with E-state index in [1.165, 1.54) is 11.8 Å². The number of rotatable bonds is 6. The van der Waals surface area contributed by atoms with Crippen LogP contribution in [0.1, 0.15) is 24.4 Å². The first-order valence-corrected chi connectivity index (χ1v) is 7.99. The number of pyridine rings is 1. The highest BCUT2D eigenvalue weighted by Crippen LogP contribution is 2.38. The quantitative estimate of drug-likeness (QED) is 0.830. The molecule has 2 rings (SSSR count). The third kappa shape index (κ3) is 3.64. The highest BCUT2D eigenvalue weighted by atomic mass is 32.2. The van der Waals surface area contributed by atoms with Gasteiger partial charge < -0.3 is 15.2 Å². The van der Waals surface area contributed by atoms with Crippen LogP contribution in [0.2, 0.25) is 0 Å². The van der Waals surface area contributed by atoms with Gasteiger partial charge in [-0.15, -0.1) is 0 Å². The smallest absolute Gasteiger partial charge is 0.230 e. The molecule has 1 aliphatic carbocycles. The van der Waals surface area contributed by atoms with Crippen molar-refractivity contribution in [2.45, 2.75) is 25.0 Å². The zero-order valence-corrected chi connectivity index (χ0v) is 12.5. The van der Waals surface area contributed by atoms with Crippen LogP contribution in [0.15, 0.2) is 18.3 Å². The number of carbonyl (C=O) groups excluding carboxylic acids is 1. The summed E-state index contributed by atoms with van der Waals surface area (Å²) >= 11 is 1.49. The summed E-state index contributed by atoms with van der Waals surface area (Å²) in [5.41, 5.74) is 0.956. The Morgan fingerprint density at radius 1 is 1.60 bits per heavy atom. The molecule has 1 saturated carbocycles. The molecule has 2 N–H and O–H groups in total. The predicted octanol–water partition coefficient (Wildman–Crippen LogP) is 1.38. The van der Waals surface area contributed by atoms with E-state index in [9.17, 15) is 9.90 Å². The number of amides is 1. The average Bonchev–Trinajstić information content (AvgIpc) is 2.42. The van der Waals surface area contributed by atoms with Gasteiger partial charge in [-0.3, -0.25) is 4.79 Å². The van der Waals surface area contributed by atoms with Crippen LogP contribution in [-0.4, -0.2) is 41.2 Å². The van der Waals surface area contributed by atoms with Gasteiger partial charge in [0.25, 0.3) is 0 Å². The highest BCUT2D eigenvalue weighted by Gasteiger charge is 2.35. The molecule has 0 unspecified atom stereocenters. The van der Waals surface area contributed by atoms with E-state index in [4.69, 9.17) is 4.74 Å². The fraction of sp³-hybridized carbons (Fsp3) is 0.571. The van der Waals surface area contributed by atoms with Gasteiger partial charge in [-0.25, -0.2) is 4.98 Å². The van der Waals surface area contributed by atoms with Gasteiger partial charge in [-0.1, -0.05) is 6.07 Å². The molecule has 20 heavy (non-hydrogen) atoms. The molecular formula is C14H20N2O3S. The molecule has 1 heterocycles. The maximum absolute atomic E-state index is 11.8. The van der Waals surface area contributed by atoms with Crippen LogP contribution < -0.4 is 10.1 Å². The summed E-state index contributed by atoms with van der Waals surface area (Å²) in [5.74, 6) is 1.28. The molecule has 0 bridgehead atoms. The van der Waals surface area contributed by atoms with E-state index in [2.05, 4.69) is 10.3 Å². The van der Waals surface area contributed by atoms with Crippen molar-refractivity contribution in [3.63, 3.8) is 0 Å². The molecule has 1 atom stereocenters. The van der Waals surface area contributed by atoms with Crippen molar-refractivity contribution in [3.8, 4) is 5.88 Å². The van der Waals surface area contributed by atoms with Crippen LogP contribution in [0.4, 0.5) is 0 Å². The molecule has 6 heteroatoms. The zero-order chi connectivity index (χ0) is 14.5. The van der Waals surface area contributed by atoms with Gasteiger partial charge in [0.05, 0.1) is 25.0 Å². The van der Waals surface area contributed by atoms with Gasteiger partial charge in [0.1, 0.15) is 0 Å². The van der Waals surface area contributed by atoms with E-state index in [0.29, 0.717) is 11.6 Å². The van der Waals surface area contributed by atoms with E-state index in [0.717, 1.165) is 18.4 Å². The van der Waals surface area contributed by atoms with E-state index < -0.39 is 0 Å². The summed E-state index contributed by atoms with van der Waals surface area (Å²) in [4.78, 5) is 16.0. The summed E-state index contributed by atoms with van der Waals surface area (Å²) in [6.45, 7) is 0. The van der Waals surface area contributed by atoms with Crippen molar-refractivity contribution in [3.05, 3.63) is 23.9 Å². The lowest BCUT2D eigenvalue weighted by atomic mass is 9.75. The third-order valence-electron chi connectivity index (χ3n) is 3.54. The number of aromatic nitrogens is 1. The first kappa shape index (κ1) is 15.1. The molecule has 1 fully saturated rings. The van der Waals surface area contributed by atoms with Crippen molar-refractivity contribution < 1.29 is 14.6 Å². The Balaban J connectivity index is 2.10.